The van der Waals surface area contributed by atoms with Crippen LogP contribution in [0, 0.1) is 13.8 Å². The number of nitrogens with two attached hydrogens (primary N) is 1. The molecule has 0 bridgehead atoms. The van der Waals surface area contributed by atoms with Crippen LogP contribution in [0.5, 0.6) is 0 Å². The van der Waals surface area contributed by atoms with E-state index in [0.717, 1.165) is 21.9 Å². The van der Waals surface area contributed by atoms with Crippen LogP contribution in [0.25, 0.3) is 22.4 Å². The van der Waals surface area contributed by atoms with Gasteiger partial charge in [0.25, 0.3) is 0 Å². The first kappa shape index (κ1) is 11.3. The quantitative estimate of drug-likeness (QED) is 0.725. The van der Waals surface area contributed by atoms with Crippen molar-refractivity contribution in [3.8, 4) is 11.4 Å². The Morgan fingerprint density at radius 3 is 2.67 bits per heavy atom. The Kier molecular flexibility index (Phi) is 2.41. The van der Waals surface area contributed by atoms with Crippen molar-refractivity contribution in [2.24, 2.45) is 7.05 Å². The van der Waals surface area contributed by atoms with Crippen LogP contribution in [0.4, 0.5) is 5.00 Å². The molecule has 0 aliphatic carbocycles. The molecule has 4 heteroatoms. The Labute approximate surface area is 110 Å². The molecule has 0 fully saturated rings. The third-order valence-electron chi connectivity index (χ3n) is 3.22. The highest BCUT2D eigenvalue weighted by molar-refractivity contribution is 7.16. The number of hydrogen-bond acceptors (Lipinski definition) is 3. The number of benzene rings is 1. The fourth-order valence-corrected chi connectivity index (χ4v) is 3.20. The first-order valence-corrected chi connectivity index (χ1v) is 6.68. The summed E-state index contributed by atoms with van der Waals surface area (Å²) in [4.78, 5) is 5.92. The molecule has 0 radical (unpaired) electrons. The molecule has 3 aromatic rings. The van der Waals surface area contributed by atoms with Gasteiger partial charge in [-0.05, 0) is 31.5 Å². The molecule has 0 saturated carbocycles. The van der Waals surface area contributed by atoms with E-state index in [1.54, 1.807) is 11.3 Å². The van der Waals surface area contributed by atoms with E-state index in [0.29, 0.717) is 0 Å². The maximum absolute atomic E-state index is 6.07. The minimum absolute atomic E-state index is 0.837. The van der Waals surface area contributed by atoms with E-state index in [4.69, 9.17) is 10.7 Å². The van der Waals surface area contributed by atoms with Gasteiger partial charge in [-0.3, -0.25) is 0 Å². The lowest BCUT2D eigenvalue weighted by atomic mass is 10.2. The van der Waals surface area contributed by atoms with Crippen LogP contribution >= 0.6 is 11.3 Å². The molecule has 2 aromatic heterocycles. The molecule has 1 aromatic carbocycles. The maximum atomic E-state index is 6.07. The van der Waals surface area contributed by atoms with E-state index in [1.165, 1.54) is 16.0 Å². The molecule has 2 heterocycles. The number of nitrogen functional groups attached to an aromatic ring is 1. The molecule has 3 rings (SSSR count). The van der Waals surface area contributed by atoms with E-state index in [1.807, 2.05) is 19.2 Å². The summed E-state index contributed by atoms with van der Waals surface area (Å²) in [5.74, 6) is 0.946. The second-order valence-corrected chi connectivity index (χ2v) is 5.86. The van der Waals surface area contributed by atoms with E-state index in [2.05, 4.69) is 30.5 Å². The zero-order valence-corrected chi connectivity index (χ0v) is 11.5. The van der Waals surface area contributed by atoms with E-state index >= 15 is 0 Å². The third-order valence-corrected chi connectivity index (χ3v) is 4.10. The molecule has 18 heavy (non-hydrogen) atoms. The second kappa shape index (κ2) is 3.85. The molecule has 3 nitrogen and oxygen atoms in total. The second-order valence-electron chi connectivity index (χ2n) is 4.57. The summed E-state index contributed by atoms with van der Waals surface area (Å²) in [5, 5.41) is 0.837. The van der Waals surface area contributed by atoms with Gasteiger partial charge in [0.05, 0.1) is 21.6 Å². The monoisotopic (exact) mass is 257 g/mol. The number of aryl methyl sites for hydroxylation is 3. The topological polar surface area (TPSA) is 43.8 Å². The SMILES string of the molecule is Cc1cc(-c2nc3cccc(C)c3n2C)c(N)s1. The number of aromatic nitrogens is 2. The van der Waals surface area contributed by atoms with Gasteiger partial charge in [0.2, 0.25) is 0 Å². The number of nitrogens with zero attached hydrogens (tertiary/aromatic N) is 2. The first-order valence-electron chi connectivity index (χ1n) is 5.86. The summed E-state index contributed by atoms with van der Waals surface area (Å²) in [6.45, 7) is 4.18. The van der Waals surface area contributed by atoms with Crippen molar-refractivity contribution < 1.29 is 0 Å². The lowest BCUT2D eigenvalue weighted by Gasteiger charge is -2.02. The molecule has 92 valence electrons. The summed E-state index contributed by atoms with van der Waals surface area (Å²) in [5.41, 5.74) is 10.5. The van der Waals surface area contributed by atoms with Gasteiger partial charge >= 0.3 is 0 Å². The summed E-state index contributed by atoms with van der Waals surface area (Å²) < 4.78 is 2.13. The molecule has 0 spiro atoms. The van der Waals surface area contributed by atoms with Crippen LogP contribution in [-0.4, -0.2) is 9.55 Å². The first-order chi connectivity index (χ1) is 8.58. The Morgan fingerprint density at radius 2 is 2.06 bits per heavy atom. The molecule has 0 aliphatic rings. The highest BCUT2D eigenvalue weighted by Crippen LogP contribution is 2.34. The Bertz CT molecular complexity index is 737. The Hall–Kier alpha value is -1.81. The van der Waals surface area contributed by atoms with Crippen LogP contribution in [-0.2, 0) is 7.05 Å². The molecular formula is C14H15N3S. The number of rotatable bonds is 1. The van der Waals surface area contributed by atoms with Crippen LogP contribution in [0.1, 0.15) is 10.4 Å². The zero-order chi connectivity index (χ0) is 12.9. The predicted octanol–water partition coefficient (Wildman–Crippen LogP) is 3.50. The van der Waals surface area contributed by atoms with Gasteiger partial charge in [0.15, 0.2) is 0 Å². The van der Waals surface area contributed by atoms with E-state index in [9.17, 15) is 0 Å². The molecule has 0 aliphatic heterocycles. The lowest BCUT2D eigenvalue weighted by Crippen LogP contribution is -1.94. The van der Waals surface area contributed by atoms with E-state index < -0.39 is 0 Å². The third kappa shape index (κ3) is 1.53. The van der Waals surface area contributed by atoms with Crippen LogP contribution < -0.4 is 5.73 Å². The van der Waals surface area contributed by atoms with Crippen molar-refractivity contribution in [3.05, 3.63) is 34.7 Å². The average Bonchev–Trinajstić information content (AvgIpc) is 2.80. The minimum Gasteiger partial charge on any atom is -0.390 e. The van der Waals surface area contributed by atoms with Gasteiger partial charge in [-0.25, -0.2) is 4.98 Å². The summed E-state index contributed by atoms with van der Waals surface area (Å²) in [6.07, 6.45) is 0. The lowest BCUT2D eigenvalue weighted by molar-refractivity contribution is 0.956. The minimum atomic E-state index is 0.837. The van der Waals surface area contributed by atoms with Crippen molar-refractivity contribution in [1.29, 1.82) is 0 Å². The number of anilines is 1. The molecule has 0 amide bonds. The number of hydrogen-bond donors (Lipinski definition) is 1. The van der Waals surface area contributed by atoms with Gasteiger partial charge in [0, 0.05) is 11.9 Å². The standard InChI is InChI=1S/C14H15N3S/c1-8-5-4-6-11-12(8)17(3)14(16-11)10-7-9(2)18-13(10)15/h4-7H,15H2,1-3H3. The normalized spacial score (nSPS) is 11.3. The van der Waals surface area contributed by atoms with Crippen LogP contribution in [0.3, 0.4) is 0 Å². The summed E-state index contributed by atoms with van der Waals surface area (Å²) >= 11 is 1.61. The number of imidazole rings is 1. The van der Waals surface area contributed by atoms with Gasteiger partial charge < -0.3 is 10.3 Å². The summed E-state index contributed by atoms with van der Waals surface area (Å²) in [7, 11) is 2.05. The molecule has 2 N–H and O–H groups in total. The van der Waals surface area contributed by atoms with Gasteiger partial charge in [0.1, 0.15) is 5.82 Å². The fraction of sp³-hybridized carbons (Fsp3) is 0.214. The molecule has 0 saturated heterocycles. The van der Waals surface area contributed by atoms with Gasteiger partial charge in [-0.2, -0.15) is 0 Å². The van der Waals surface area contributed by atoms with Crippen LogP contribution in [0.2, 0.25) is 0 Å². The number of thiophene rings is 1. The molecule has 0 unspecified atom stereocenters. The average molecular weight is 257 g/mol. The van der Waals surface area contributed by atoms with Crippen molar-refractivity contribution in [1.82, 2.24) is 9.55 Å². The van der Waals surface area contributed by atoms with Crippen molar-refractivity contribution in [2.45, 2.75) is 13.8 Å². The number of para-hydroxylation sites is 1. The smallest absolute Gasteiger partial charge is 0.143 e. The van der Waals surface area contributed by atoms with E-state index in [-0.39, 0.29) is 0 Å². The Balaban J connectivity index is 2.34. The zero-order valence-electron chi connectivity index (χ0n) is 10.7. The van der Waals surface area contributed by atoms with Gasteiger partial charge in [-0.15, -0.1) is 11.3 Å². The number of fused-ring (bicyclic) bond motifs is 1. The largest absolute Gasteiger partial charge is 0.390 e. The summed E-state index contributed by atoms with van der Waals surface area (Å²) in [6, 6.07) is 8.30. The van der Waals surface area contributed by atoms with Crippen molar-refractivity contribution >= 4 is 27.4 Å². The highest BCUT2D eigenvalue weighted by Gasteiger charge is 2.15. The predicted molar refractivity (Wildman–Crippen MR) is 77.9 cm³/mol. The van der Waals surface area contributed by atoms with Crippen molar-refractivity contribution in [2.75, 3.05) is 5.73 Å². The molecular weight excluding hydrogens is 242 g/mol. The van der Waals surface area contributed by atoms with Crippen LogP contribution in [0.15, 0.2) is 24.3 Å². The Morgan fingerprint density at radius 1 is 1.28 bits per heavy atom. The van der Waals surface area contributed by atoms with Crippen molar-refractivity contribution in [3.63, 3.8) is 0 Å². The fourth-order valence-electron chi connectivity index (χ4n) is 2.41. The molecule has 0 atom stereocenters. The maximum Gasteiger partial charge on any atom is 0.143 e. The highest BCUT2D eigenvalue weighted by atomic mass is 32.1. The van der Waals surface area contributed by atoms with Gasteiger partial charge in [-0.1, -0.05) is 12.1 Å².